The van der Waals surface area contributed by atoms with Crippen LogP contribution in [-0.4, -0.2) is 17.1 Å². The van der Waals surface area contributed by atoms with Crippen LogP contribution >= 0.6 is 0 Å². The smallest absolute Gasteiger partial charge is 0.320 e. The van der Waals surface area contributed by atoms with Crippen LogP contribution in [0.4, 0.5) is 0 Å². The normalized spacial score (nSPS) is 12.4. The lowest BCUT2D eigenvalue weighted by Crippen LogP contribution is -2.32. The molecule has 3 nitrogen and oxygen atoms in total. The molecule has 0 aliphatic carbocycles. The first kappa shape index (κ1) is 8.74. The van der Waals surface area contributed by atoms with Crippen LogP contribution in [0.25, 0.3) is 0 Å². The maximum atomic E-state index is 10.4. The highest BCUT2D eigenvalue weighted by atomic mass is 16.4. The van der Waals surface area contributed by atoms with Crippen molar-refractivity contribution in [3.8, 4) is 0 Å². The van der Waals surface area contributed by atoms with Gasteiger partial charge < -0.3 is 10.8 Å². The van der Waals surface area contributed by atoms with Gasteiger partial charge in [-0.05, 0) is 12.0 Å². The van der Waals surface area contributed by atoms with E-state index in [1.165, 1.54) is 0 Å². The summed E-state index contributed by atoms with van der Waals surface area (Å²) in [7, 11) is 0. The molecular weight excluding hydrogens is 156 g/mol. The molecule has 1 aromatic rings. The summed E-state index contributed by atoms with van der Waals surface area (Å²) in [6.07, 6.45) is 0.385. The summed E-state index contributed by atoms with van der Waals surface area (Å²) < 4.78 is 0. The Hall–Kier alpha value is -1.35. The Morgan fingerprint density at radius 2 is 2.00 bits per heavy atom. The van der Waals surface area contributed by atoms with E-state index in [0.29, 0.717) is 6.42 Å². The molecule has 0 bridgehead atoms. The molecule has 0 aliphatic rings. The third kappa shape index (κ3) is 2.36. The molecule has 0 aliphatic heterocycles. The Morgan fingerprint density at radius 1 is 1.42 bits per heavy atom. The van der Waals surface area contributed by atoms with Crippen LogP contribution in [-0.2, 0) is 11.2 Å². The van der Waals surface area contributed by atoms with E-state index in [0.717, 1.165) is 5.56 Å². The Labute approximate surface area is 70.8 Å². The number of carboxylic acid groups (broad SMARTS) is 1. The second-order valence-corrected chi connectivity index (χ2v) is 2.63. The summed E-state index contributed by atoms with van der Waals surface area (Å²) in [5, 5.41) is 8.52. The van der Waals surface area contributed by atoms with E-state index in [1.807, 2.05) is 30.3 Å². The van der Waals surface area contributed by atoms with Crippen LogP contribution in [0.1, 0.15) is 5.56 Å². The van der Waals surface area contributed by atoms with Crippen LogP contribution in [0.5, 0.6) is 0 Å². The van der Waals surface area contributed by atoms with E-state index in [-0.39, 0.29) is 0 Å². The van der Waals surface area contributed by atoms with Crippen molar-refractivity contribution in [3.63, 3.8) is 0 Å². The van der Waals surface area contributed by atoms with E-state index in [1.54, 1.807) is 0 Å². The van der Waals surface area contributed by atoms with Gasteiger partial charge in [0.1, 0.15) is 6.04 Å². The maximum absolute atomic E-state index is 10.4. The van der Waals surface area contributed by atoms with Crippen molar-refractivity contribution in [2.45, 2.75) is 12.5 Å². The first-order valence-corrected chi connectivity index (χ1v) is 3.72. The summed E-state index contributed by atoms with van der Waals surface area (Å²) in [5.41, 5.74) is 6.30. The van der Waals surface area contributed by atoms with E-state index in [9.17, 15) is 4.79 Å². The van der Waals surface area contributed by atoms with Crippen molar-refractivity contribution in [3.05, 3.63) is 35.9 Å². The Bertz CT molecular complexity index is 258. The van der Waals surface area contributed by atoms with Crippen molar-refractivity contribution < 1.29 is 9.90 Å². The number of rotatable bonds is 3. The van der Waals surface area contributed by atoms with E-state index >= 15 is 0 Å². The fourth-order valence-corrected chi connectivity index (χ4v) is 0.955. The number of aliphatic carboxylic acids is 1. The second kappa shape index (κ2) is 3.88. The number of carbonyl (C=O) groups is 1. The van der Waals surface area contributed by atoms with Gasteiger partial charge >= 0.3 is 5.97 Å². The molecule has 0 fully saturated rings. The molecule has 0 saturated carbocycles. The Morgan fingerprint density at radius 3 is 2.50 bits per heavy atom. The van der Waals surface area contributed by atoms with Gasteiger partial charge in [-0.2, -0.15) is 0 Å². The number of hydrogen-bond donors (Lipinski definition) is 2. The van der Waals surface area contributed by atoms with Crippen LogP contribution in [0.15, 0.2) is 30.3 Å². The molecular formula is C9H11NO2. The zero-order valence-corrected chi connectivity index (χ0v) is 6.60. The van der Waals surface area contributed by atoms with Gasteiger partial charge in [-0.15, -0.1) is 0 Å². The fourth-order valence-electron chi connectivity index (χ4n) is 0.955. The molecule has 0 unspecified atom stereocenters. The van der Waals surface area contributed by atoms with Gasteiger partial charge in [0, 0.05) is 0 Å². The molecule has 0 aromatic heterocycles. The molecule has 1 atom stereocenters. The highest BCUT2D eigenvalue weighted by Gasteiger charge is 2.10. The third-order valence-electron chi connectivity index (χ3n) is 1.62. The number of nitrogens with two attached hydrogens (primary N) is 1. The SMILES string of the molecule is N[14C@@H](Cc1ccccc1)C(=O)O. The van der Waals surface area contributed by atoms with Gasteiger partial charge in [0.25, 0.3) is 0 Å². The molecule has 0 spiro atoms. The highest BCUT2D eigenvalue weighted by Crippen LogP contribution is 2.01. The molecule has 0 amide bonds. The number of benzene rings is 1. The quantitative estimate of drug-likeness (QED) is 0.694. The van der Waals surface area contributed by atoms with Gasteiger partial charge in [0.05, 0.1) is 0 Å². The predicted molar refractivity (Wildman–Crippen MR) is 45.8 cm³/mol. The van der Waals surface area contributed by atoms with Gasteiger partial charge in [0.2, 0.25) is 0 Å². The number of hydrogen-bond acceptors (Lipinski definition) is 2. The summed E-state index contributed by atoms with van der Waals surface area (Å²) in [5.74, 6) is -0.959. The van der Waals surface area contributed by atoms with Gasteiger partial charge in [-0.3, -0.25) is 4.79 Å². The lowest BCUT2D eigenvalue weighted by atomic mass is 10.2. The zero-order chi connectivity index (χ0) is 8.97. The van der Waals surface area contributed by atoms with Crippen LogP contribution in [0.2, 0.25) is 0 Å². The minimum absolute atomic E-state index is 0.385. The molecule has 64 valence electrons. The van der Waals surface area contributed by atoms with E-state index in [2.05, 4.69) is 0 Å². The van der Waals surface area contributed by atoms with Crippen molar-refractivity contribution in [1.29, 1.82) is 0 Å². The molecule has 3 heteroatoms. The number of carboxylic acids is 1. The van der Waals surface area contributed by atoms with Crippen LogP contribution < -0.4 is 5.73 Å². The fraction of sp³-hybridized carbons (Fsp3) is 0.222. The lowest BCUT2D eigenvalue weighted by molar-refractivity contribution is -0.138. The van der Waals surface area contributed by atoms with Gasteiger partial charge in [-0.1, -0.05) is 30.3 Å². The summed E-state index contributed by atoms with van der Waals surface area (Å²) in [4.78, 5) is 10.4. The third-order valence-corrected chi connectivity index (χ3v) is 1.62. The van der Waals surface area contributed by atoms with E-state index < -0.39 is 12.0 Å². The molecule has 1 rings (SSSR count). The minimum atomic E-state index is -0.959. The van der Waals surface area contributed by atoms with Gasteiger partial charge in [-0.25, -0.2) is 0 Å². The molecule has 1 aromatic carbocycles. The lowest BCUT2D eigenvalue weighted by Gasteiger charge is -2.04. The molecule has 0 saturated heterocycles. The van der Waals surface area contributed by atoms with Crippen LogP contribution in [0, 0.1) is 0 Å². The monoisotopic (exact) mass is 167 g/mol. The molecule has 12 heavy (non-hydrogen) atoms. The van der Waals surface area contributed by atoms with Crippen molar-refractivity contribution in [1.82, 2.24) is 0 Å². The molecule has 0 radical (unpaired) electrons. The first-order valence-electron chi connectivity index (χ1n) is 3.72. The van der Waals surface area contributed by atoms with Crippen molar-refractivity contribution >= 4 is 5.97 Å². The Kier molecular flexibility index (Phi) is 2.82. The van der Waals surface area contributed by atoms with Crippen LogP contribution in [0.3, 0.4) is 0 Å². The Balaban J connectivity index is 2.58. The van der Waals surface area contributed by atoms with Gasteiger partial charge in [0.15, 0.2) is 0 Å². The van der Waals surface area contributed by atoms with Crippen molar-refractivity contribution in [2.75, 3.05) is 0 Å². The minimum Gasteiger partial charge on any atom is -0.480 e. The standard InChI is InChI=1S/C9H11NO2/c10-8(9(11)12)6-7-4-2-1-3-5-7/h1-5,8H,6,10H2,(H,11,12)/t8-/m0/s1/i8+2. The maximum Gasteiger partial charge on any atom is 0.320 e. The van der Waals surface area contributed by atoms with E-state index in [4.69, 9.17) is 10.8 Å². The summed E-state index contributed by atoms with van der Waals surface area (Å²) in [6, 6.07) is 8.54. The topological polar surface area (TPSA) is 63.3 Å². The molecule has 3 N–H and O–H groups in total. The molecule has 0 heterocycles. The van der Waals surface area contributed by atoms with Crippen molar-refractivity contribution in [2.24, 2.45) is 5.73 Å². The summed E-state index contributed by atoms with van der Waals surface area (Å²) in [6.45, 7) is 0. The second-order valence-electron chi connectivity index (χ2n) is 2.63. The first-order chi connectivity index (χ1) is 5.70. The summed E-state index contributed by atoms with van der Waals surface area (Å²) >= 11 is 0. The predicted octanol–water partition coefficient (Wildman–Crippen LogP) is 0.641. The average Bonchev–Trinajstić information content (AvgIpc) is 2.06. The largest absolute Gasteiger partial charge is 0.480 e. The highest BCUT2D eigenvalue weighted by molar-refractivity contribution is 5.73. The zero-order valence-electron chi connectivity index (χ0n) is 6.60. The average molecular weight is 167 g/mol.